The smallest absolute Gasteiger partial charge is 0.137 e. The third kappa shape index (κ3) is 2.57. The van der Waals surface area contributed by atoms with Crippen molar-refractivity contribution in [2.75, 3.05) is 19.7 Å². The van der Waals surface area contributed by atoms with Gasteiger partial charge >= 0.3 is 0 Å². The Morgan fingerprint density at radius 3 is 3.00 bits per heavy atom. The lowest BCUT2D eigenvalue weighted by Gasteiger charge is -2.36. The first-order valence-electron chi connectivity index (χ1n) is 8.12. The van der Waals surface area contributed by atoms with Gasteiger partial charge in [-0.15, -0.1) is 0 Å². The number of aromatic nitrogens is 4. The minimum absolute atomic E-state index is 0.121. The van der Waals surface area contributed by atoms with Crippen LogP contribution in [0.1, 0.15) is 30.6 Å². The lowest BCUT2D eigenvalue weighted by atomic mass is 9.92. The zero-order valence-corrected chi connectivity index (χ0v) is 13.1. The van der Waals surface area contributed by atoms with Gasteiger partial charge in [0.25, 0.3) is 0 Å². The molecule has 0 bridgehead atoms. The van der Waals surface area contributed by atoms with Crippen LogP contribution in [0.4, 0.5) is 0 Å². The fourth-order valence-corrected chi connectivity index (χ4v) is 3.68. The Labute approximate surface area is 130 Å². The van der Waals surface area contributed by atoms with E-state index in [1.54, 1.807) is 0 Å². The fraction of sp³-hybridized carbons (Fsp3) is 0.625. The molecular weight excluding hydrogens is 278 g/mol. The number of hydrogen-bond donors (Lipinski definition) is 0. The van der Waals surface area contributed by atoms with Crippen molar-refractivity contribution in [3.05, 3.63) is 36.4 Å². The van der Waals surface area contributed by atoms with E-state index < -0.39 is 0 Å². The molecule has 2 aliphatic rings. The van der Waals surface area contributed by atoms with E-state index in [0.717, 1.165) is 45.0 Å². The van der Waals surface area contributed by atoms with Crippen LogP contribution in [-0.4, -0.2) is 43.7 Å². The molecule has 6 heteroatoms. The topological polar surface area (TPSA) is 48.1 Å². The Kier molecular flexibility index (Phi) is 3.72. The Balaban J connectivity index is 1.48. The van der Waals surface area contributed by atoms with Gasteiger partial charge in [-0.1, -0.05) is 0 Å². The summed E-state index contributed by atoms with van der Waals surface area (Å²) in [6, 6.07) is 0. The van der Waals surface area contributed by atoms with Crippen molar-refractivity contribution in [2.45, 2.75) is 32.0 Å². The van der Waals surface area contributed by atoms with E-state index in [9.17, 15) is 0 Å². The van der Waals surface area contributed by atoms with Crippen molar-refractivity contribution in [2.24, 2.45) is 13.0 Å². The van der Waals surface area contributed by atoms with Gasteiger partial charge in [0.1, 0.15) is 17.8 Å². The van der Waals surface area contributed by atoms with E-state index >= 15 is 0 Å². The van der Waals surface area contributed by atoms with Crippen LogP contribution in [0.25, 0.3) is 0 Å². The van der Waals surface area contributed by atoms with Gasteiger partial charge in [-0.25, -0.2) is 9.97 Å². The minimum Gasteiger partial charge on any atom is -0.370 e. The molecule has 2 aromatic rings. The molecular formula is C16H23N5O. The molecule has 0 N–H and O–H groups in total. The summed E-state index contributed by atoms with van der Waals surface area (Å²) in [4.78, 5) is 11.5. The lowest BCUT2D eigenvalue weighted by Crippen LogP contribution is -2.40. The van der Waals surface area contributed by atoms with Crippen molar-refractivity contribution < 1.29 is 4.74 Å². The van der Waals surface area contributed by atoms with E-state index in [1.165, 1.54) is 12.2 Å². The van der Waals surface area contributed by atoms with Crippen LogP contribution in [0, 0.1) is 5.92 Å². The molecule has 2 aromatic heterocycles. The molecule has 118 valence electrons. The van der Waals surface area contributed by atoms with E-state index in [1.807, 2.05) is 18.6 Å². The molecule has 0 radical (unpaired) electrons. The van der Waals surface area contributed by atoms with Crippen LogP contribution >= 0.6 is 0 Å². The minimum atomic E-state index is 0.121. The molecule has 0 saturated carbocycles. The fourth-order valence-electron chi connectivity index (χ4n) is 3.68. The second kappa shape index (κ2) is 5.85. The normalized spacial score (nSPS) is 26.0. The molecule has 6 nitrogen and oxygen atoms in total. The van der Waals surface area contributed by atoms with E-state index in [2.05, 4.69) is 37.2 Å². The van der Waals surface area contributed by atoms with Crippen LogP contribution in [0.5, 0.6) is 0 Å². The maximum atomic E-state index is 6.08. The summed E-state index contributed by atoms with van der Waals surface area (Å²) in [5.74, 6) is 2.75. The highest BCUT2D eigenvalue weighted by Crippen LogP contribution is 2.33. The first kappa shape index (κ1) is 14.0. The van der Waals surface area contributed by atoms with Gasteiger partial charge in [0, 0.05) is 64.0 Å². The Morgan fingerprint density at radius 1 is 1.23 bits per heavy atom. The molecule has 4 rings (SSSR count). The van der Waals surface area contributed by atoms with Crippen LogP contribution in [0.15, 0.2) is 24.8 Å². The van der Waals surface area contributed by atoms with E-state index in [-0.39, 0.29) is 6.10 Å². The highest BCUT2D eigenvalue weighted by Gasteiger charge is 2.32. The standard InChI is InChI=1S/C16H23N5O/c1-19-6-4-18-16(19)15-13(3-2-10-22-15)11-20-8-9-21-7-5-17-14(21)12-20/h4-7,13,15H,2-3,8-12H2,1H3/t13-,15+/m0/s1. The zero-order valence-electron chi connectivity index (χ0n) is 13.1. The third-order valence-corrected chi connectivity index (χ3v) is 4.87. The average molecular weight is 301 g/mol. The maximum absolute atomic E-state index is 6.08. The van der Waals surface area contributed by atoms with Crippen LogP contribution in [0.2, 0.25) is 0 Å². The summed E-state index contributed by atoms with van der Waals surface area (Å²) >= 11 is 0. The van der Waals surface area contributed by atoms with Crippen LogP contribution in [-0.2, 0) is 24.9 Å². The number of imidazole rings is 2. The molecule has 1 saturated heterocycles. The number of fused-ring (bicyclic) bond motifs is 1. The number of rotatable bonds is 3. The molecule has 22 heavy (non-hydrogen) atoms. The Bertz CT molecular complexity index is 634. The van der Waals surface area contributed by atoms with Gasteiger partial charge in [-0.2, -0.15) is 0 Å². The van der Waals surface area contributed by atoms with Gasteiger partial charge in [-0.05, 0) is 12.8 Å². The van der Waals surface area contributed by atoms with Gasteiger partial charge < -0.3 is 13.9 Å². The highest BCUT2D eigenvalue weighted by atomic mass is 16.5. The van der Waals surface area contributed by atoms with E-state index in [4.69, 9.17) is 4.74 Å². The van der Waals surface area contributed by atoms with Gasteiger partial charge in [-0.3, -0.25) is 4.90 Å². The molecule has 0 aromatic carbocycles. The summed E-state index contributed by atoms with van der Waals surface area (Å²) < 4.78 is 10.4. The number of hydrogen-bond acceptors (Lipinski definition) is 4. The predicted octanol–water partition coefficient (Wildman–Crippen LogP) is 1.60. The summed E-state index contributed by atoms with van der Waals surface area (Å²) in [7, 11) is 2.05. The first-order chi connectivity index (χ1) is 10.8. The largest absolute Gasteiger partial charge is 0.370 e. The lowest BCUT2D eigenvalue weighted by molar-refractivity contribution is -0.0473. The SMILES string of the molecule is Cn1ccnc1[C@@H]1OCCC[C@H]1CN1CCn2ccnc2C1. The van der Waals surface area contributed by atoms with Gasteiger partial charge in [0.15, 0.2) is 0 Å². The number of aryl methyl sites for hydroxylation is 1. The molecule has 0 spiro atoms. The summed E-state index contributed by atoms with van der Waals surface area (Å²) in [6.45, 7) is 4.97. The first-order valence-corrected chi connectivity index (χ1v) is 8.12. The molecule has 0 unspecified atom stereocenters. The van der Waals surface area contributed by atoms with Crippen LogP contribution in [0.3, 0.4) is 0 Å². The molecule has 0 aliphatic carbocycles. The predicted molar refractivity (Wildman–Crippen MR) is 82.1 cm³/mol. The number of nitrogens with zero attached hydrogens (tertiary/aromatic N) is 5. The third-order valence-electron chi connectivity index (χ3n) is 4.87. The van der Waals surface area contributed by atoms with Crippen LogP contribution < -0.4 is 0 Å². The highest BCUT2D eigenvalue weighted by molar-refractivity contribution is 5.01. The summed E-state index contributed by atoms with van der Waals surface area (Å²) in [6.07, 6.45) is 10.3. The Hall–Kier alpha value is -1.66. The maximum Gasteiger partial charge on any atom is 0.137 e. The van der Waals surface area contributed by atoms with E-state index in [0.29, 0.717) is 5.92 Å². The molecule has 2 atom stereocenters. The van der Waals surface area contributed by atoms with Gasteiger partial charge in [0.2, 0.25) is 0 Å². The summed E-state index contributed by atoms with van der Waals surface area (Å²) in [5.41, 5.74) is 0. The number of ether oxygens (including phenoxy) is 1. The Morgan fingerprint density at radius 2 is 2.14 bits per heavy atom. The second-order valence-corrected chi connectivity index (χ2v) is 6.36. The molecule has 4 heterocycles. The van der Waals surface area contributed by atoms with Crippen molar-refractivity contribution in [1.82, 2.24) is 24.0 Å². The quantitative estimate of drug-likeness (QED) is 0.864. The molecule has 1 fully saturated rings. The van der Waals surface area contributed by atoms with Crippen molar-refractivity contribution in [1.29, 1.82) is 0 Å². The van der Waals surface area contributed by atoms with Crippen molar-refractivity contribution in [3.8, 4) is 0 Å². The monoisotopic (exact) mass is 301 g/mol. The van der Waals surface area contributed by atoms with Crippen molar-refractivity contribution >= 4 is 0 Å². The average Bonchev–Trinajstić information content (AvgIpc) is 3.16. The van der Waals surface area contributed by atoms with Crippen molar-refractivity contribution in [3.63, 3.8) is 0 Å². The zero-order chi connectivity index (χ0) is 14.9. The second-order valence-electron chi connectivity index (χ2n) is 6.36. The summed E-state index contributed by atoms with van der Waals surface area (Å²) in [5, 5.41) is 0. The molecule has 0 amide bonds. The molecule has 2 aliphatic heterocycles. The van der Waals surface area contributed by atoms with Gasteiger partial charge in [0.05, 0.1) is 6.54 Å².